The van der Waals surface area contributed by atoms with Gasteiger partial charge in [0.2, 0.25) is 5.78 Å². The predicted molar refractivity (Wildman–Crippen MR) is 104 cm³/mol. The standard InChI is InChI=1S/C23H34O5/c1-14(24)28-13-20(26)23(27)11-8-19-17-5-4-15-12-16(25)6-9-21(15,2)18(17)7-10-22(19,23)3/h4,16-19,25,27H,5-13H2,1-3H3/t16-,17-,18+,19+,21+,22+,23-/m1/s1. The zero-order valence-corrected chi connectivity index (χ0v) is 17.4. The lowest BCUT2D eigenvalue weighted by atomic mass is 9.46. The quantitative estimate of drug-likeness (QED) is 0.571. The molecule has 4 aliphatic carbocycles. The van der Waals surface area contributed by atoms with Gasteiger partial charge in [0.15, 0.2) is 6.61 Å². The second-order valence-electron chi connectivity index (χ2n) is 10.2. The maximum Gasteiger partial charge on any atom is 0.303 e. The molecular formula is C23H34O5. The molecule has 5 heteroatoms. The fourth-order valence-electron chi connectivity index (χ4n) is 7.40. The van der Waals surface area contributed by atoms with Crippen molar-refractivity contribution in [1.29, 1.82) is 0 Å². The van der Waals surface area contributed by atoms with Crippen molar-refractivity contribution in [2.24, 2.45) is 28.6 Å². The minimum absolute atomic E-state index is 0.145. The first-order valence-electron chi connectivity index (χ1n) is 10.9. The van der Waals surface area contributed by atoms with Gasteiger partial charge in [-0.2, -0.15) is 0 Å². The molecular weight excluding hydrogens is 356 g/mol. The van der Waals surface area contributed by atoms with Gasteiger partial charge in [0.05, 0.1) is 6.10 Å². The summed E-state index contributed by atoms with van der Waals surface area (Å²) in [5, 5.41) is 21.6. The van der Waals surface area contributed by atoms with Gasteiger partial charge in [-0.25, -0.2) is 0 Å². The van der Waals surface area contributed by atoms with Crippen LogP contribution in [0.1, 0.15) is 72.1 Å². The third-order valence-corrected chi connectivity index (χ3v) is 9.10. The SMILES string of the molecule is CC(=O)OCC(=O)[C@]1(O)CC[C@H]2[C@@H]3CC=C4C[C@H](O)CC[C@]4(C)[C@H]3CC[C@@]21C. The summed E-state index contributed by atoms with van der Waals surface area (Å²) < 4.78 is 4.93. The monoisotopic (exact) mass is 390 g/mol. The molecule has 0 aromatic rings. The molecule has 0 amide bonds. The van der Waals surface area contributed by atoms with Crippen LogP contribution in [-0.4, -0.2) is 40.3 Å². The molecule has 0 radical (unpaired) electrons. The van der Waals surface area contributed by atoms with Crippen molar-refractivity contribution in [2.75, 3.05) is 6.61 Å². The molecule has 0 spiro atoms. The van der Waals surface area contributed by atoms with Crippen molar-refractivity contribution in [3.8, 4) is 0 Å². The average Bonchev–Trinajstić information content (AvgIpc) is 2.92. The van der Waals surface area contributed by atoms with Gasteiger partial charge in [-0.15, -0.1) is 0 Å². The number of Topliss-reactive ketones (excluding diaryl/α,β-unsaturated/α-hetero) is 1. The van der Waals surface area contributed by atoms with Crippen molar-refractivity contribution in [2.45, 2.75) is 83.8 Å². The second kappa shape index (κ2) is 6.66. The molecule has 0 bridgehead atoms. The largest absolute Gasteiger partial charge is 0.458 e. The zero-order chi connectivity index (χ0) is 20.3. The third kappa shape index (κ3) is 2.72. The van der Waals surface area contributed by atoms with Crippen LogP contribution in [-0.2, 0) is 14.3 Å². The molecule has 28 heavy (non-hydrogen) atoms. The Morgan fingerprint density at radius 3 is 2.57 bits per heavy atom. The van der Waals surface area contributed by atoms with Crippen LogP contribution in [0.25, 0.3) is 0 Å². The Hall–Kier alpha value is -1.20. The summed E-state index contributed by atoms with van der Waals surface area (Å²) in [6, 6.07) is 0. The van der Waals surface area contributed by atoms with E-state index in [1.54, 1.807) is 0 Å². The van der Waals surface area contributed by atoms with Crippen LogP contribution in [0.15, 0.2) is 11.6 Å². The molecule has 3 fully saturated rings. The van der Waals surface area contributed by atoms with E-state index < -0.39 is 17.0 Å². The highest BCUT2D eigenvalue weighted by molar-refractivity contribution is 5.90. The van der Waals surface area contributed by atoms with Crippen molar-refractivity contribution >= 4 is 11.8 Å². The summed E-state index contributed by atoms with van der Waals surface area (Å²) in [6.45, 7) is 5.41. The van der Waals surface area contributed by atoms with E-state index in [2.05, 4.69) is 19.9 Å². The molecule has 0 saturated heterocycles. The summed E-state index contributed by atoms with van der Waals surface area (Å²) in [5.41, 5.74) is -0.283. The molecule has 0 aliphatic heterocycles. The van der Waals surface area contributed by atoms with Gasteiger partial charge in [-0.3, -0.25) is 9.59 Å². The molecule has 5 nitrogen and oxygen atoms in total. The summed E-state index contributed by atoms with van der Waals surface area (Å²) >= 11 is 0. The molecule has 0 unspecified atom stereocenters. The Labute approximate surface area is 167 Å². The molecule has 4 aliphatic rings. The third-order valence-electron chi connectivity index (χ3n) is 9.10. The molecule has 7 atom stereocenters. The number of aliphatic hydroxyl groups is 2. The molecule has 4 rings (SSSR count). The van der Waals surface area contributed by atoms with Crippen molar-refractivity contribution in [1.82, 2.24) is 0 Å². The fourth-order valence-corrected chi connectivity index (χ4v) is 7.40. The molecule has 2 N–H and O–H groups in total. The number of hydrogen-bond acceptors (Lipinski definition) is 5. The van der Waals surface area contributed by atoms with Gasteiger partial charge in [0.1, 0.15) is 5.60 Å². The Morgan fingerprint density at radius 1 is 1.14 bits per heavy atom. The first-order chi connectivity index (χ1) is 13.1. The van der Waals surface area contributed by atoms with Crippen molar-refractivity contribution < 1.29 is 24.5 Å². The highest BCUT2D eigenvalue weighted by Gasteiger charge is 2.66. The minimum Gasteiger partial charge on any atom is -0.458 e. The number of fused-ring (bicyclic) bond motifs is 5. The molecule has 0 aromatic carbocycles. The highest BCUT2D eigenvalue weighted by atomic mass is 16.5. The molecule has 3 saturated carbocycles. The predicted octanol–water partition coefficient (Wildman–Crippen LogP) is 3.17. The topological polar surface area (TPSA) is 83.8 Å². The Kier molecular flexibility index (Phi) is 4.78. The number of hydrogen-bond donors (Lipinski definition) is 2. The number of aliphatic hydroxyl groups excluding tert-OH is 1. The molecule has 156 valence electrons. The van der Waals surface area contributed by atoms with Gasteiger partial charge >= 0.3 is 5.97 Å². The Balaban J connectivity index is 1.60. The Morgan fingerprint density at radius 2 is 1.86 bits per heavy atom. The van der Waals surface area contributed by atoms with Crippen LogP contribution >= 0.6 is 0 Å². The summed E-state index contributed by atoms with van der Waals surface area (Å²) in [4.78, 5) is 24.0. The lowest BCUT2D eigenvalue weighted by molar-refractivity contribution is -0.168. The number of ketones is 1. The number of esters is 1. The van der Waals surface area contributed by atoms with E-state index in [-0.39, 0.29) is 23.9 Å². The van der Waals surface area contributed by atoms with E-state index in [9.17, 15) is 19.8 Å². The lowest BCUT2D eigenvalue weighted by Gasteiger charge is -2.58. The van der Waals surface area contributed by atoms with Crippen LogP contribution in [0.4, 0.5) is 0 Å². The first kappa shape index (κ1) is 20.1. The summed E-state index contributed by atoms with van der Waals surface area (Å²) in [7, 11) is 0. The number of allylic oxidation sites excluding steroid dienone is 1. The van der Waals surface area contributed by atoms with E-state index in [0.717, 1.165) is 44.9 Å². The molecule has 0 heterocycles. The van der Waals surface area contributed by atoms with Crippen LogP contribution in [0.3, 0.4) is 0 Å². The average molecular weight is 391 g/mol. The van der Waals surface area contributed by atoms with Crippen molar-refractivity contribution in [3.63, 3.8) is 0 Å². The number of rotatable bonds is 3. The smallest absolute Gasteiger partial charge is 0.303 e. The van der Waals surface area contributed by atoms with E-state index in [0.29, 0.717) is 24.2 Å². The maximum atomic E-state index is 12.9. The highest BCUT2D eigenvalue weighted by Crippen LogP contribution is 2.67. The van der Waals surface area contributed by atoms with Gasteiger partial charge in [0.25, 0.3) is 0 Å². The Bertz CT molecular complexity index is 714. The number of ether oxygens (including phenoxy) is 1. The molecule has 0 aromatic heterocycles. The van der Waals surface area contributed by atoms with E-state index >= 15 is 0 Å². The lowest BCUT2D eigenvalue weighted by Crippen LogP contribution is -2.58. The number of carbonyl (C=O) groups is 2. The van der Waals surface area contributed by atoms with E-state index in [1.807, 2.05) is 0 Å². The van der Waals surface area contributed by atoms with Crippen molar-refractivity contribution in [3.05, 3.63) is 11.6 Å². The maximum absolute atomic E-state index is 12.9. The van der Waals surface area contributed by atoms with Crippen LogP contribution in [0, 0.1) is 28.6 Å². The van der Waals surface area contributed by atoms with Crippen LogP contribution in [0.5, 0.6) is 0 Å². The van der Waals surface area contributed by atoms with E-state index in [1.165, 1.54) is 12.5 Å². The summed E-state index contributed by atoms with van der Waals surface area (Å²) in [5.74, 6) is 0.504. The van der Waals surface area contributed by atoms with Crippen LogP contribution in [0.2, 0.25) is 0 Å². The summed E-state index contributed by atoms with van der Waals surface area (Å²) in [6.07, 6.45) is 8.96. The van der Waals surface area contributed by atoms with Crippen LogP contribution < -0.4 is 0 Å². The number of carbonyl (C=O) groups excluding carboxylic acids is 2. The van der Waals surface area contributed by atoms with E-state index in [4.69, 9.17) is 4.74 Å². The minimum atomic E-state index is -1.40. The van der Waals surface area contributed by atoms with Gasteiger partial charge in [-0.05, 0) is 74.5 Å². The zero-order valence-electron chi connectivity index (χ0n) is 17.4. The first-order valence-corrected chi connectivity index (χ1v) is 10.9. The second-order valence-corrected chi connectivity index (χ2v) is 10.2. The normalized spacial score (nSPS) is 47.4. The fraction of sp³-hybridized carbons (Fsp3) is 0.826. The van der Waals surface area contributed by atoms with Gasteiger partial charge in [0, 0.05) is 12.3 Å². The van der Waals surface area contributed by atoms with Gasteiger partial charge < -0.3 is 14.9 Å². The van der Waals surface area contributed by atoms with Gasteiger partial charge in [-0.1, -0.05) is 25.5 Å².